The number of hydrogen-bond acceptors (Lipinski definition) is 1. The average Bonchev–Trinajstić information content (AvgIpc) is 2.57. The van der Waals surface area contributed by atoms with Crippen LogP contribution in [0.2, 0.25) is 0 Å². The topological polar surface area (TPSA) is 17.1 Å². The number of hydrogen-bond donors (Lipinski definition) is 0. The van der Waals surface area contributed by atoms with Gasteiger partial charge in [-0.3, -0.25) is 4.79 Å². The fourth-order valence-electron chi connectivity index (χ4n) is 2.75. The van der Waals surface area contributed by atoms with Crippen LogP contribution in [0.5, 0.6) is 0 Å². The second-order valence-electron chi connectivity index (χ2n) is 6.31. The summed E-state index contributed by atoms with van der Waals surface area (Å²) in [7, 11) is 0. The van der Waals surface area contributed by atoms with E-state index < -0.39 is 10.8 Å². The van der Waals surface area contributed by atoms with Crippen LogP contribution in [-0.2, 0) is 15.6 Å². The lowest BCUT2D eigenvalue weighted by atomic mass is 9.67. The Morgan fingerprint density at radius 2 is 0.909 bits per heavy atom. The van der Waals surface area contributed by atoms with Crippen molar-refractivity contribution in [1.82, 2.24) is 0 Å². The molecule has 22 heavy (non-hydrogen) atoms. The predicted molar refractivity (Wildman–Crippen MR) is 95.3 cm³/mol. The predicted octanol–water partition coefficient (Wildman–Crippen LogP) is 5.54. The maximum atomic E-state index is 13.1. The van der Waals surface area contributed by atoms with Crippen molar-refractivity contribution in [2.24, 2.45) is 0 Å². The Kier molecular flexibility index (Phi) is 6.11. The van der Waals surface area contributed by atoms with Crippen LogP contribution in [-0.4, -0.2) is 5.78 Å². The standard InChI is InChI=1S/C19H22O.C2H6/c1-18(2,15-11-7-5-8-12-15)17(20)19(3,4)16-13-9-6-10-14-16;1-2/h5-14H,1-4H3;1-2H3. The summed E-state index contributed by atoms with van der Waals surface area (Å²) >= 11 is 0. The van der Waals surface area contributed by atoms with Crippen molar-refractivity contribution in [3.8, 4) is 0 Å². The van der Waals surface area contributed by atoms with Gasteiger partial charge in [0.05, 0.1) is 0 Å². The van der Waals surface area contributed by atoms with Gasteiger partial charge in [0.2, 0.25) is 0 Å². The van der Waals surface area contributed by atoms with E-state index in [-0.39, 0.29) is 5.78 Å². The summed E-state index contributed by atoms with van der Waals surface area (Å²) in [5, 5.41) is 0. The monoisotopic (exact) mass is 296 g/mol. The third-order valence-electron chi connectivity index (χ3n) is 4.13. The molecule has 0 atom stereocenters. The molecule has 2 aromatic rings. The number of Topliss-reactive ketones (excluding diaryl/α,β-unsaturated/α-hetero) is 1. The quantitative estimate of drug-likeness (QED) is 0.724. The van der Waals surface area contributed by atoms with Crippen molar-refractivity contribution in [3.63, 3.8) is 0 Å². The van der Waals surface area contributed by atoms with E-state index in [0.29, 0.717) is 0 Å². The van der Waals surface area contributed by atoms with Crippen molar-refractivity contribution in [1.29, 1.82) is 0 Å². The second-order valence-corrected chi connectivity index (χ2v) is 6.31. The summed E-state index contributed by atoms with van der Waals surface area (Å²) in [4.78, 5) is 13.1. The van der Waals surface area contributed by atoms with Crippen LogP contribution in [0.15, 0.2) is 60.7 Å². The fourth-order valence-corrected chi connectivity index (χ4v) is 2.75. The van der Waals surface area contributed by atoms with Crippen molar-refractivity contribution in [2.75, 3.05) is 0 Å². The molecular weight excluding hydrogens is 268 g/mol. The zero-order valence-electron chi connectivity index (χ0n) is 14.7. The van der Waals surface area contributed by atoms with Crippen LogP contribution >= 0.6 is 0 Å². The molecule has 0 aliphatic rings. The molecule has 2 rings (SSSR count). The molecule has 0 saturated carbocycles. The molecule has 0 amide bonds. The smallest absolute Gasteiger partial charge is 0.152 e. The highest BCUT2D eigenvalue weighted by atomic mass is 16.1. The van der Waals surface area contributed by atoms with E-state index >= 15 is 0 Å². The maximum Gasteiger partial charge on any atom is 0.152 e. The van der Waals surface area contributed by atoms with E-state index in [4.69, 9.17) is 0 Å². The lowest BCUT2D eigenvalue weighted by Crippen LogP contribution is -2.42. The number of carbonyl (C=O) groups is 1. The first-order valence-corrected chi connectivity index (χ1v) is 8.03. The lowest BCUT2D eigenvalue weighted by molar-refractivity contribution is -0.128. The maximum absolute atomic E-state index is 13.1. The first-order chi connectivity index (χ1) is 10.4. The number of ketones is 1. The molecule has 0 unspecified atom stereocenters. The molecule has 0 aromatic heterocycles. The largest absolute Gasteiger partial charge is 0.298 e. The minimum Gasteiger partial charge on any atom is -0.298 e. The first-order valence-electron chi connectivity index (χ1n) is 8.03. The Bertz CT molecular complexity index is 526. The highest BCUT2D eigenvalue weighted by Gasteiger charge is 2.40. The van der Waals surface area contributed by atoms with E-state index in [1.807, 2.05) is 102 Å². The summed E-state index contributed by atoms with van der Waals surface area (Å²) in [6, 6.07) is 20.0. The molecule has 1 heteroatoms. The summed E-state index contributed by atoms with van der Waals surface area (Å²) in [5.41, 5.74) is 1.13. The summed E-state index contributed by atoms with van der Waals surface area (Å²) < 4.78 is 0. The van der Waals surface area contributed by atoms with Crippen LogP contribution in [0, 0.1) is 0 Å². The molecule has 0 heterocycles. The molecule has 1 nitrogen and oxygen atoms in total. The molecular formula is C21H28O. The first kappa shape index (κ1) is 18.2. The molecule has 2 aromatic carbocycles. The number of benzene rings is 2. The third-order valence-corrected chi connectivity index (χ3v) is 4.13. The SMILES string of the molecule is CC.CC(C)(C(=O)C(C)(C)c1ccccc1)c1ccccc1. The Labute approximate surface area is 135 Å². The molecule has 0 bridgehead atoms. The van der Waals surface area contributed by atoms with Gasteiger partial charge in [0, 0.05) is 10.8 Å². The van der Waals surface area contributed by atoms with Gasteiger partial charge in [0.25, 0.3) is 0 Å². The Morgan fingerprint density at radius 1 is 0.636 bits per heavy atom. The van der Waals surface area contributed by atoms with Gasteiger partial charge in [-0.1, -0.05) is 74.5 Å². The molecule has 0 fully saturated rings. The van der Waals surface area contributed by atoms with E-state index in [2.05, 4.69) is 0 Å². The molecule has 0 spiro atoms. The highest BCUT2D eigenvalue weighted by Crippen LogP contribution is 2.35. The second kappa shape index (κ2) is 7.40. The van der Waals surface area contributed by atoms with E-state index in [0.717, 1.165) is 11.1 Å². The fraction of sp³-hybridized carbons (Fsp3) is 0.381. The number of rotatable bonds is 4. The van der Waals surface area contributed by atoms with Gasteiger partial charge >= 0.3 is 0 Å². The average molecular weight is 296 g/mol. The van der Waals surface area contributed by atoms with Crippen molar-refractivity contribution >= 4 is 5.78 Å². The molecule has 118 valence electrons. The summed E-state index contributed by atoms with van der Waals surface area (Å²) in [5.74, 6) is 0.238. The Morgan fingerprint density at radius 3 is 1.18 bits per heavy atom. The van der Waals surface area contributed by atoms with E-state index in [1.54, 1.807) is 0 Å². The van der Waals surface area contributed by atoms with E-state index in [1.165, 1.54) is 0 Å². The minimum atomic E-state index is -0.499. The van der Waals surface area contributed by atoms with E-state index in [9.17, 15) is 4.79 Å². The van der Waals surface area contributed by atoms with Gasteiger partial charge in [0.15, 0.2) is 5.78 Å². The lowest BCUT2D eigenvalue weighted by Gasteiger charge is -2.34. The van der Waals surface area contributed by atoms with Crippen LogP contribution < -0.4 is 0 Å². The summed E-state index contributed by atoms with van der Waals surface area (Å²) in [6.07, 6.45) is 0. The van der Waals surface area contributed by atoms with Crippen LogP contribution in [0.1, 0.15) is 52.7 Å². The minimum absolute atomic E-state index is 0.238. The molecule has 0 aliphatic carbocycles. The van der Waals surface area contributed by atoms with Gasteiger partial charge in [-0.25, -0.2) is 0 Å². The number of carbonyl (C=O) groups excluding carboxylic acids is 1. The van der Waals surface area contributed by atoms with Gasteiger partial charge in [-0.2, -0.15) is 0 Å². The van der Waals surface area contributed by atoms with Crippen LogP contribution in [0.4, 0.5) is 0 Å². The molecule has 0 aliphatic heterocycles. The third kappa shape index (κ3) is 3.65. The van der Waals surface area contributed by atoms with Gasteiger partial charge in [-0.15, -0.1) is 0 Å². The van der Waals surface area contributed by atoms with Gasteiger partial charge < -0.3 is 0 Å². The molecule has 0 radical (unpaired) electrons. The highest BCUT2D eigenvalue weighted by molar-refractivity contribution is 5.97. The molecule has 0 N–H and O–H groups in total. The van der Waals surface area contributed by atoms with Crippen LogP contribution in [0.25, 0.3) is 0 Å². The Balaban J connectivity index is 0.00000116. The van der Waals surface area contributed by atoms with Crippen molar-refractivity contribution < 1.29 is 4.79 Å². The summed E-state index contributed by atoms with van der Waals surface area (Å²) in [6.45, 7) is 12.0. The zero-order chi connectivity index (χ0) is 16.8. The zero-order valence-corrected chi connectivity index (χ0v) is 14.7. The molecule has 0 saturated heterocycles. The normalized spacial score (nSPS) is 11.4. The van der Waals surface area contributed by atoms with Gasteiger partial charge in [0.1, 0.15) is 0 Å². The van der Waals surface area contributed by atoms with Crippen LogP contribution in [0.3, 0.4) is 0 Å². The Hall–Kier alpha value is -1.89. The van der Waals surface area contributed by atoms with Crippen molar-refractivity contribution in [3.05, 3.63) is 71.8 Å². The van der Waals surface area contributed by atoms with Gasteiger partial charge in [-0.05, 0) is 38.8 Å². The van der Waals surface area contributed by atoms with Crippen molar-refractivity contribution in [2.45, 2.75) is 52.4 Å².